The van der Waals surface area contributed by atoms with Gasteiger partial charge in [0, 0.05) is 34.1 Å². The molecule has 202 valence electrons. The summed E-state index contributed by atoms with van der Waals surface area (Å²) >= 11 is 0. The topological polar surface area (TPSA) is 25.8 Å². The van der Waals surface area contributed by atoms with Crippen molar-refractivity contribution >= 4 is 32.4 Å². The number of benzene rings is 6. The maximum atomic E-state index is 13.9. The molecule has 2 nitrogen and oxygen atoms in total. The Bertz CT molecular complexity index is 2260. The molecule has 0 N–H and O–H groups in total. The van der Waals surface area contributed by atoms with Crippen molar-refractivity contribution in [1.29, 1.82) is 0 Å². The van der Waals surface area contributed by atoms with E-state index in [1.165, 1.54) is 22.9 Å². The van der Waals surface area contributed by atoms with Gasteiger partial charge in [-0.2, -0.15) is 0 Å². The average molecular weight is 553 g/mol. The summed E-state index contributed by atoms with van der Waals surface area (Å²) in [6, 6.07) is 47.1. The SMILES string of the molecule is Fc1ccc(-c2nc3ccccc3c3c2cc(-c2ccc(-c4ccc(-c5cccnc5)cc4)cc2)c2ccccc23)cc1. The first-order valence-electron chi connectivity index (χ1n) is 14.3. The number of aromatic nitrogens is 2. The molecule has 43 heavy (non-hydrogen) atoms. The van der Waals surface area contributed by atoms with Gasteiger partial charge in [-0.05, 0) is 86.6 Å². The molecule has 2 aromatic heterocycles. The van der Waals surface area contributed by atoms with Crippen LogP contribution in [0.25, 0.3) is 77.1 Å². The van der Waals surface area contributed by atoms with E-state index >= 15 is 0 Å². The highest BCUT2D eigenvalue weighted by Gasteiger charge is 2.16. The van der Waals surface area contributed by atoms with Gasteiger partial charge in [-0.3, -0.25) is 4.98 Å². The molecule has 8 aromatic rings. The third-order valence-electron chi connectivity index (χ3n) is 8.23. The van der Waals surface area contributed by atoms with E-state index in [0.29, 0.717) is 0 Å². The summed E-state index contributed by atoms with van der Waals surface area (Å²) in [6.45, 7) is 0. The van der Waals surface area contributed by atoms with Crippen LogP contribution in [0.4, 0.5) is 4.39 Å². The van der Waals surface area contributed by atoms with Crippen LogP contribution in [0.3, 0.4) is 0 Å². The Balaban J connectivity index is 1.29. The monoisotopic (exact) mass is 552 g/mol. The van der Waals surface area contributed by atoms with Gasteiger partial charge in [0.1, 0.15) is 5.82 Å². The summed E-state index contributed by atoms with van der Waals surface area (Å²) in [5.74, 6) is -0.258. The predicted octanol–water partition coefficient (Wildman–Crippen LogP) is 10.7. The van der Waals surface area contributed by atoms with Crippen molar-refractivity contribution in [2.24, 2.45) is 0 Å². The molecule has 0 spiro atoms. The first-order chi connectivity index (χ1) is 21.2. The first kappa shape index (κ1) is 25.1. The highest BCUT2D eigenvalue weighted by atomic mass is 19.1. The molecule has 0 bridgehead atoms. The summed E-state index contributed by atoms with van der Waals surface area (Å²) in [5, 5.41) is 5.68. The molecular formula is C40H25FN2. The molecule has 0 aliphatic rings. The van der Waals surface area contributed by atoms with Crippen molar-refractivity contribution in [3.05, 3.63) is 158 Å². The van der Waals surface area contributed by atoms with Crippen LogP contribution in [0.2, 0.25) is 0 Å². The smallest absolute Gasteiger partial charge is 0.123 e. The van der Waals surface area contributed by atoms with Crippen molar-refractivity contribution < 1.29 is 4.39 Å². The molecule has 0 aliphatic carbocycles. The maximum Gasteiger partial charge on any atom is 0.123 e. The lowest BCUT2D eigenvalue weighted by atomic mass is 9.89. The van der Waals surface area contributed by atoms with Crippen LogP contribution in [0.5, 0.6) is 0 Å². The van der Waals surface area contributed by atoms with Gasteiger partial charge in [0.15, 0.2) is 0 Å². The second kappa shape index (κ2) is 10.3. The molecule has 0 amide bonds. The van der Waals surface area contributed by atoms with Crippen LogP contribution < -0.4 is 0 Å². The van der Waals surface area contributed by atoms with Gasteiger partial charge in [-0.25, -0.2) is 9.37 Å². The summed E-state index contributed by atoms with van der Waals surface area (Å²) < 4.78 is 13.9. The number of pyridine rings is 2. The average Bonchev–Trinajstić information content (AvgIpc) is 3.08. The summed E-state index contributed by atoms with van der Waals surface area (Å²) in [6.07, 6.45) is 3.68. The second-order valence-corrected chi connectivity index (χ2v) is 10.8. The van der Waals surface area contributed by atoms with E-state index in [1.807, 2.05) is 36.5 Å². The van der Waals surface area contributed by atoms with Crippen molar-refractivity contribution in [3.63, 3.8) is 0 Å². The summed E-state index contributed by atoms with van der Waals surface area (Å²) in [4.78, 5) is 9.34. The predicted molar refractivity (Wildman–Crippen MR) is 176 cm³/mol. The van der Waals surface area contributed by atoms with Crippen LogP contribution in [0, 0.1) is 5.82 Å². The van der Waals surface area contributed by atoms with E-state index in [2.05, 4.69) is 102 Å². The van der Waals surface area contributed by atoms with Crippen LogP contribution >= 0.6 is 0 Å². The van der Waals surface area contributed by atoms with E-state index in [0.717, 1.165) is 66.3 Å². The standard InChI is InChI=1S/C40H25FN2/c41-32-21-19-30(20-22-32)40-37-24-36(33-7-1-2-8-34(33)39(37)35-9-3-4-10-38(35)43-40)29-17-15-27(16-18-29)26-11-13-28(14-12-26)31-6-5-23-42-25-31/h1-25H. The minimum absolute atomic E-state index is 0.258. The minimum atomic E-state index is -0.258. The lowest BCUT2D eigenvalue weighted by Crippen LogP contribution is -1.93. The van der Waals surface area contributed by atoms with Gasteiger partial charge in [-0.15, -0.1) is 0 Å². The number of hydrogen-bond donors (Lipinski definition) is 0. The highest BCUT2D eigenvalue weighted by molar-refractivity contribution is 6.25. The Hall–Kier alpha value is -5.67. The molecule has 8 rings (SSSR count). The zero-order chi connectivity index (χ0) is 28.8. The molecule has 0 atom stereocenters. The van der Waals surface area contributed by atoms with E-state index in [4.69, 9.17) is 4.98 Å². The fourth-order valence-electron chi connectivity index (χ4n) is 6.11. The molecule has 2 heterocycles. The normalized spacial score (nSPS) is 11.4. The fourth-order valence-corrected chi connectivity index (χ4v) is 6.11. The number of hydrogen-bond acceptors (Lipinski definition) is 2. The maximum absolute atomic E-state index is 13.9. The van der Waals surface area contributed by atoms with Crippen molar-refractivity contribution in [3.8, 4) is 44.6 Å². The van der Waals surface area contributed by atoms with Crippen molar-refractivity contribution in [2.45, 2.75) is 0 Å². The van der Waals surface area contributed by atoms with Crippen molar-refractivity contribution in [2.75, 3.05) is 0 Å². The largest absolute Gasteiger partial charge is 0.264 e. The zero-order valence-electron chi connectivity index (χ0n) is 23.2. The Morgan fingerprint density at radius 3 is 1.70 bits per heavy atom. The van der Waals surface area contributed by atoms with Gasteiger partial charge in [0.25, 0.3) is 0 Å². The van der Waals surface area contributed by atoms with E-state index in [1.54, 1.807) is 6.20 Å². The van der Waals surface area contributed by atoms with Crippen LogP contribution in [0.15, 0.2) is 152 Å². The van der Waals surface area contributed by atoms with Crippen LogP contribution in [-0.4, -0.2) is 9.97 Å². The van der Waals surface area contributed by atoms with Crippen molar-refractivity contribution in [1.82, 2.24) is 9.97 Å². The molecule has 6 aromatic carbocycles. The molecular weight excluding hydrogens is 527 g/mol. The number of fused-ring (bicyclic) bond motifs is 5. The summed E-state index contributed by atoms with van der Waals surface area (Å²) in [7, 11) is 0. The second-order valence-electron chi connectivity index (χ2n) is 10.8. The van der Waals surface area contributed by atoms with Gasteiger partial charge >= 0.3 is 0 Å². The lowest BCUT2D eigenvalue weighted by molar-refractivity contribution is 0.628. The summed E-state index contributed by atoms with van der Waals surface area (Å²) in [5.41, 5.74) is 9.52. The molecule has 0 saturated heterocycles. The molecule has 0 unspecified atom stereocenters. The molecule has 0 radical (unpaired) electrons. The molecule has 3 heteroatoms. The quantitative estimate of drug-likeness (QED) is 0.203. The molecule has 0 saturated carbocycles. The minimum Gasteiger partial charge on any atom is -0.264 e. The highest BCUT2D eigenvalue weighted by Crippen LogP contribution is 2.42. The number of nitrogens with zero attached hydrogens (tertiary/aromatic N) is 2. The Kier molecular flexibility index (Phi) is 6.01. The third kappa shape index (κ3) is 4.43. The van der Waals surface area contributed by atoms with E-state index < -0.39 is 0 Å². The Morgan fingerprint density at radius 2 is 1.02 bits per heavy atom. The Labute approximate surface area is 248 Å². The molecule has 0 fully saturated rings. The third-order valence-corrected chi connectivity index (χ3v) is 8.23. The number of para-hydroxylation sites is 1. The van der Waals surface area contributed by atoms with E-state index in [9.17, 15) is 4.39 Å². The van der Waals surface area contributed by atoms with Gasteiger partial charge in [-0.1, -0.05) is 97.1 Å². The number of halogens is 1. The van der Waals surface area contributed by atoms with Gasteiger partial charge < -0.3 is 0 Å². The first-order valence-corrected chi connectivity index (χ1v) is 14.3. The van der Waals surface area contributed by atoms with Crippen LogP contribution in [0.1, 0.15) is 0 Å². The van der Waals surface area contributed by atoms with Crippen LogP contribution in [-0.2, 0) is 0 Å². The number of rotatable bonds is 4. The Morgan fingerprint density at radius 1 is 0.442 bits per heavy atom. The lowest BCUT2D eigenvalue weighted by Gasteiger charge is -2.16. The van der Waals surface area contributed by atoms with Gasteiger partial charge in [0.2, 0.25) is 0 Å². The fraction of sp³-hybridized carbons (Fsp3) is 0. The zero-order valence-corrected chi connectivity index (χ0v) is 23.2. The van der Waals surface area contributed by atoms with Gasteiger partial charge in [0.05, 0.1) is 11.2 Å². The van der Waals surface area contributed by atoms with E-state index in [-0.39, 0.29) is 5.82 Å². The molecule has 0 aliphatic heterocycles.